The molecule has 10 heteroatoms. The first-order chi connectivity index (χ1) is 11.5. The first-order valence-corrected chi connectivity index (χ1v) is 7.87. The number of nitrogens with two attached hydrogens (primary N) is 1. The zero-order valence-corrected chi connectivity index (χ0v) is 14.4. The fourth-order valence-electron chi connectivity index (χ4n) is 1.80. The third-order valence-electron chi connectivity index (χ3n) is 3.04. The summed E-state index contributed by atoms with van der Waals surface area (Å²) in [6, 6.07) is 4.25. The number of nitrogens with one attached hydrogen (secondary N) is 2. The molecule has 0 unspecified atom stereocenters. The fourth-order valence-corrected chi connectivity index (χ4v) is 2.17. The Bertz CT molecular complexity index is 749. The average Bonchev–Trinajstić information content (AvgIpc) is 3.03. The number of aromatic nitrogens is 2. The largest absolute Gasteiger partial charge is 0.382 e. The van der Waals surface area contributed by atoms with E-state index in [1.165, 1.54) is 18.2 Å². The molecule has 1 aromatic carbocycles. The molecule has 24 heavy (non-hydrogen) atoms. The molecule has 0 spiro atoms. The Labute approximate surface area is 145 Å². The molecule has 4 N–H and O–H groups in total. The average molecular weight is 399 g/mol. The third kappa shape index (κ3) is 4.75. The Morgan fingerprint density at radius 1 is 1.46 bits per heavy atom. The molecule has 0 atom stereocenters. The second kappa shape index (κ2) is 8.39. The highest BCUT2D eigenvalue weighted by molar-refractivity contribution is 9.10. The number of carbonyl (C=O) groups excluding carboxylic acids is 1. The van der Waals surface area contributed by atoms with Crippen molar-refractivity contribution in [1.82, 2.24) is 15.6 Å². The predicted octanol–water partition coefficient (Wildman–Crippen LogP) is 1.95. The summed E-state index contributed by atoms with van der Waals surface area (Å²) < 4.78 is 18.2. The van der Waals surface area contributed by atoms with Crippen LogP contribution in [0.5, 0.6) is 0 Å². The van der Waals surface area contributed by atoms with Crippen LogP contribution in [0.25, 0.3) is 0 Å². The van der Waals surface area contributed by atoms with Gasteiger partial charge in [-0.3, -0.25) is 4.79 Å². The van der Waals surface area contributed by atoms with Crippen molar-refractivity contribution in [3.8, 4) is 0 Å². The van der Waals surface area contributed by atoms with Crippen molar-refractivity contribution >= 4 is 39.2 Å². The van der Waals surface area contributed by atoms with E-state index in [1.54, 1.807) is 7.05 Å². The maximum Gasteiger partial charge on any atom is 0.219 e. The lowest BCUT2D eigenvalue weighted by Gasteiger charge is -2.04. The molecule has 0 aliphatic carbocycles. The third-order valence-corrected chi connectivity index (χ3v) is 3.64. The Morgan fingerprint density at radius 3 is 2.96 bits per heavy atom. The van der Waals surface area contributed by atoms with E-state index in [4.69, 9.17) is 5.73 Å². The van der Waals surface area contributed by atoms with Crippen LogP contribution in [0, 0.1) is 5.82 Å². The standard InChI is InChI=1S/C14H16BrFN6O2/c1-18-11(23)3-2-6-19-14-12(21-24-22-14)13(17)20-8-4-5-10(16)9(15)7-8/h4-5,7H,2-3,6H2,1H3,(H2,17,20)(H,18,23)(H,19,22). The van der Waals surface area contributed by atoms with Crippen molar-refractivity contribution < 1.29 is 13.8 Å². The van der Waals surface area contributed by atoms with Gasteiger partial charge in [0.1, 0.15) is 5.82 Å². The fraction of sp³-hybridized carbons (Fsp3) is 0.286. The maximum atomic E-state index is 13.2. The SMILES string of the molecule is CNC(=O)CCCNc1nonc1C(N)=Nc1ccc(F)c(Br)c1. The van der Waals surface area contributed by atoms with E-state index < -0.39 is 5.82 Å². The maximum absolute atomic E-state index is 13.2. The normalized spacial score (nSPS) is 11.4. The second-order valence-corrected chi connectivity index (χ2v) is 5.61. The van der Waals surface area contributed by atoms with E-state index in [9.17, 15) is 9.18 Å². The van der Waals surface area contributed by atoms with E-state index in [-0.39, 0.29) is 21.9 Å². The van der Waals surface area contributed by atoms with Gasteiger partial charge in [-0.25, -0.2) is 14.0 Å². The number of hydrogen-bond acceptors (Lipinski definition) is 6. The van der Waals surface area contributed by atoms with Crippen LogP contribution in [-0.2, 0) is 4.79 Å². The summed E-state index contributed by atoms with van der Waals surface area (Å²) in [5.74, 6) is -0.0368. The van der Waals surface area contributed by atoms with Gasteiger partial charge in [0.05, 0.1) is 10.2 Å². The molecular formula is C14H16BrFN6O2. The zero-order chi connectivity index (χ0) is 17.5. The van der Waals surface area contributed by atoms with Gasteiger partial charge in [0.15, 0.2) is 11.5 Å². The number of aliphatic imine (C=N–C) groups is 1. The van der Waals surface area contributed by atoms with Crippen molar-refractivity contribution in [2.24, 2.45) is 10.7 Å². The van der Waals surface area contributed by atoms with Crippen molar-refractivity contribution in [3.05, 3.63) is 34.2 Å². The van der Waals surface area contributed by atoms with Gasteiger partial charge in [-0.1, -0.05) is 0 Å². The van der Waals surface area contributed by atoms with E-state index in [0.717, 1.165) is 0 Å². The first-order valence-electron chi connectivity index (χ1n) is 7.08. The lowest BCUT2D eigenvalue weighted by molar-refractivity contribution is -0.120. The van der Waals surface area contributed by atoms with E-state index in [2.05, 4.69) is 46.5 Å². The lowest BCUT2D eigenvalue weighted by atomic mass is 10.3. The van der Waals surface area contributed by atoms with Crippen LogP contribution < -0.4 is 16.4 Å². The molecule has 0 saturated heterocycles. The minimum absolute atomic E-state index is 0.0433. The highest BCUT2D eigenvalue weighted by atomic mass is 79.9. The molecule has 0 fully saturated rings. The van der Waals surface area contributed by atoms with Gasteiger partial charge in [-0.2, -0.15) is 0 Å². The summed E-state index contributed by atoms with van der Waals surface area (Å²) >= 11 is 3.08. The molecular weight excluding hydrogens is 383 g/mol. The summed E-state index contributed by atoms with van der Waals surface area (Å²) in [6.45, 7) is 0.490. The number of hydrogen-bond donors (Lipinski definition) is 3. The van der Waals surface area contributed by atoms with Crippen LogP contribution in [0.15, 0.2) is 32.3 Å². The van der Waals surface area contributed by atoms with Gasteiger partial charge in [0.2, 0.25) is 11.7 Å². The monoisotopic (exact) mass is 398 g/mol. The molecule has 8 nitrogen and oxygen atoms in total. The molecule has 2 aromatic rings. The summed E-state index contributed by atoms with van der Waals surface area (Å²) in [4.78, 5) is 15.3. The van der Waals surface area contributed by atoms with Crippen molar-refractivity contribution in [2.45, 2.75) is 12.8 Å². The number of rotatable bonds is 7. The Kier molecular flexibility index (Phi) is 6.24. The Hall–Kier alpha value is -2.49. The van der Waals surface area contributed by atoms with Gasteiger partial charge in [-0.05, 0) is 50.9 Å². The summed E-state index contributed by atoms with van der Waals surface area (Å²) in [5.41, 5.74) is 6.61. The van der Waals surface area contributed by atoms with Crippen molar-refractivity contribution in [2.75, 3.05) is 18.9 Å². The number of anilines is 1. The summed E-state index contributed by atoms with van der Waals surface area (Å²) in [6.07, 6.45) is 0.991. The molecule has 1 aromatic heterocycles. The molecule has 1 amide bonds. The smallest absolute Gasteiger partial charge is 0.219 e. The quantitative estimate of drug-likeness (QED) is 0.372. The molecule has 0 aliphatic rings. The molecule has 0 radical (unpaired) electrons. The minimum atomic E-state index is -0.394. The van der Waals surface area contributed by atoms with Gasteiger partial charge in [0, 0.05) is 20.0 Å². The minimum Gasteiger partial charge on any atom is -0.382 e. The van der Waals surface area contributed by atoms with Crippen LogP contribution >= 0.6 is 15.9 Å². The van der Waals surface area contributed by atoms with Crippen LogP contribution in [0.1, 0.15) is 18.5 Å². The van der Waals surface area contributed by atoms with Crippen LogP contribution in [-0.4, -0.2) is 35.6 Å². The second-order valence-electron chi connectivity index (χ2n) is 4.76. The van der Waals surface area contributed by atoms with Gasteiger partial charge < -0.3 is 16.4 Å². The first kappa shape index (κ1) is 17.9. The number of amides is 1. The highest BCUT2D eigenvalue weighted by Gasteiger charge is 2.14. The lowest BCUT2D eigenvalue weighted by Crippen LogP contribution is -2.19. The number of benzene rings is 1. The number of amidine groups is 1. The van der Waals surface area contributed by atoms with E-state index >= 15 is 0 Å². The summed E-state index contributed by atoms with van der Waals surface area (Å²) in [7, 11) is 1.58. The highest BCUT2D eigenvalue weighted by Crippen LogP contribution is 2.23. The van der Waals surface area contributed by atoms with Crippen LogP contribution in [0.2, 0.25) is 0 Å². The van der Waals surface area contributed by atoms with Crippen molar-refractivity contribution in [1.29, 1.82) is 0 Å². The molecule has 0 aliphatic heterocycles. The Morgan fingerprint density at radius 2 is 2.25 bits per heavy atom. The van der Waals surface area contributed by atoms with Gasteiger partial charge >= 0.3 is 0 Å². The number of nitrogens with zero attached hydrogens (tertiary/aromatic N) is 3. The molecule has 0 bridgehead atoms. The molecule has 1 heterocycles. The molecule has 128 valence electrons. The van der Waals surface area contributed by atoms with Gasteiger partial charge in [0.25, 0.3) is 0 Å². The topological polar surface area (TPSA) is 118 Å². The van der Waals surface area contributed by atoms with E-state index in [0.29, 0.717) is 30.9 Å². The molecule has 2 rings (SSSR count). The number of halogens is 2. The predicted molar refractivity (Wildman–Crippen MR) is 90.6 cm³/mol. The number of carbonyl (C=O) groups is 1. The van der Waals surface area contributed by atoms with E-state index in [1.807, 2.05) is 0 Å². The van der Waals surface area contributed by atoms with Crippen LogP contribution in [0.4, 0.5) is 15.9 Å². The summed E-state index contributed by atoms with van der Waals surface area (Å²) in [5, 5.41) is 13.0. The zero-order valence-electron chi connectivity index (χ0n) is 12.8. The van der Waals surface area contributed by atoms with Gasteiger partial charge in [-0.15, -0.1) is 0 Å². The molecule has 0 saturated carbocycles. The van der Waals surface area contributed by atoms with Crippen LogP contribution in [0.3, 0.4) is 0 Å². The Balaban J connectivity index is 2.03. The van der Waals surface area contributed by atoms with Crippen molar-refractivity contribution in [3.63, 3.8) is 0 Å².